The summed E-state index contributed by atoms with van der Waals surface area (Å²) in [5.41, 5.74) is 4.52. The van der Waals surface area contributed by atoms with Gasteiger partial charge in [0.1, 0.15) is 5.82 Å². The van der Waals surface area contributed by atoms with Gasteiger partial charge in [0.15, 0.2) is 5.65 Å². The highest BCUT2D eigenvalue weighted by Gasteiger charge is 2.15. The quantitative estimate of drug-likeness (QED) is 0.537. The topological polar surface area (TPSA) is 43.1 Å². The molecule has 1 aromatic carbocycles. The molecule has 108 valence electrons. The van der Waals surface area contributed by atoms with E-state index >= 15 is 0 Å². The molecule has 0 aliphatic heterocycles. The first-order valence-electron chi connectivity index (χ1n) is 6.99. The Morgan fingerprint density at radius 1 is 1.00 bits per heavy atom. The maximum atomic E-state index is 14.6. The number of halogens is 1. The van der Waals surface area contributed by atoms with Crippen molar-refractivity contribution in [3.63, 3.8) is 0 Å². The highest BCUT2D eigenvalue weighted by molar-refractivity contribution is 5.98. The van der Waals surface area contributed by atoms with Gasteiger partial charge in [0.2, 0.25) is 0 Å². The van der Waals surface area contributed by atoms with Gasteiger partial charge in [-0.1, -0.05) is 6.07 Å². The van der Waals surface area contributed by atoms with Gasteiger partial charge in [-0.2, -0.15) is 5.10 Å². The number of aromatic nitrogens is 4. The van der Waals surface area contributed by atoms with Crippen LogP contribution in [0.15, 0.2) is 43.0 Å². The number of aryl methyl sites for hydroxylation is 2. The first kappa shape index (κ1) is 12.9. The zero-order valence-corrected chi connectivity index (χ0v) is 12.2. The molecule has 5 heteroatoms. The van der Waals surface area contributed by atoms with E-state index in [-0.39, 0.29) is 5.82 Å². The molecule has 4 aromatic rings. The van der Waals surface area contributed by atoms with E-state index in [0.717, 1.165) is 16.7 Å². The Morgan fingerprint density at radius 2 is 1.86 bits per heavy atom. The molecule has 0 amide bonds. The third-order valence-electron chi connectivity index (χ3n) is 3.81. The molecule has 0 radical (unpaired) electrons. The number of rotatable bonds is 1. The molecule has 0 bridgehead atoms. The van der Waals surface area contributed by atoms with Gasteiger partial charge in [0, 0.05) is 35.1 Å². The summed E-state index contributed by atoms with van der Waals surface area (Å²) in [4.78, 5) is 8.69. The lowest BCUT2D eigenvalue weighted by Crippen LogP contribution is -1.93. The second-order valence-electron chi connectivity index (χ2n) is 5.41. The molecule has 0 saturated carbocycles. The summed E-state index contributed by atoms with van der Waals surface area (Å²) in [6, 6.07) is 5.39. The van der Waals surface area contributed by atoms with Gasteiger partial charge >= 0.3 is 0 Å². The fourth-order valence-corrected chi connectivity index (χ4v) is 2.69. The standard InChI is InChI=1S/C17H13FN4/c1-10-7-20-17-13(8-21-22(17)9-10)12-5-6-19-14-4-3-11(2)16(18)15(12)14/h3-9H,1-2H3. The second kappa shape index (κ2) is 4.59. The van der Waals surface area contributed by atoms with Gasteiger partial charge in [-0.15, -0.1) is 0 Å². The Labute approximate surface area is 126 Å². The molecule has 4 nitrogen and oxygen atoms in total. The van der Waals surface area contributed by atoms with Crippen LogP contribution < -0.4 is 0 Å². The summed E-state index contributed by atoms with van der Waals surface area (Å²) >= 11 is 0. The highest BCUT2D eigenvalue weighted by atomic mass is 19.1. The lowest BCUT2D eigenvalue weighted by Gasteiger charge is -2.07. The van der Waals surface area contributed by atoms with Crippen LogP contribution in [-0.4, -0.2) is 19.6 Å². The largest absolute Gasteiger partial charge is 0.256 e. The van der Waals surface area contributed by atoms with Gasteiger partial charge in [-0.25, -0.2) is 13.9 Å². The van der Waals surface area contributed by atoms with Gasteiger partial charge in [0.05, 0.1) is 11.7 Å². The van der Waals surface area contributed by atoms with E-state index < -0.39 is 0 Å². The second-order valence-corrected chi connectivity index (χ2v) is 5.41. The lowest BCUT2D eigenvalue weighted by atomic mass is 10.0. The van der Waals surface area contributed by atoms with E-state index in [4.69, 9.17) is 0 Å². The third-order valence-corrected chi connectivity index (χ3v) is 3.81. The van der Waals surface area contributed by atoms with Crippen molar-refractivity contribution in [2.45, 2.75) is 13.8 Å². The van der Waals surface area contributed by atoms with E-state index in [1.54, 1.807) is 36.1 Å². The van der Waals surface area contributed by atoms with Crippen LogP contribution in [0.5, 0.6) is 0 Å². The van der Waals surface area contributed by atoms with E-state index in [0.29, 0.717) is 22.1 Å². The van der Waals surface area contributed by atoms with E-state index in [1.165, 1.54) is 0 Å². The smallest absolute Gasteiger partial charge is 0.162 e. The van der Waals surface area contributed by atoms with Crippen molar-refractivity contribution >= 4 is 16.6 Å². The molecule has 22 heavy (non-hydrogen) atoms. The molecule has 0 atom stereocenters. The molecule has 0 aliphatic rings. The van der Waals surface area contributed by atoms with Gasteiger partial charge in [0.25, 0.3) is 0 Å². The van der Waals surface area contributed by atoms with Gasteiger partial charge in [-0.05, 0) is 37.1 Å². The summed E-state index contributed by atoms with van der Waals surface area (Å²) in [5.74, 6) is -0.243. The molecule has 0 N–H and O–H groups in total. The summed E-state index contributed by atoms with van der Waals surface area (Å²) < 4.78 is 16.3. The average Bonchev–Trinajstić information content (AvgIpc) is 2.93. The number of nitrogens with zero attached hydrogens (tertiary/aromatic N) is 4. The fraction of sp³-hybridized carbons (Fsp3) is 0.118. The third kappa shape index (κ3) is 1.79. The molecular formula is C17H13FN4. The van der Waals surface area contributed by atoms with Crippen molar-refractivity contribution in [2.75, 3.05) is 0 Å². The van der Waals surface area contributed by atoms with Gasteiger partial charge in [-0.3, -0.25) is 4.98 Å². The molecule has 0 unspecified atom stereocenters. The van der Waals surface area contributed by atoms with Crippen molar-refractivity contribution in [3.05, 3.63) is 59.9 Å². The minimum atomic E-state index is -0.243. The molecule has 0 saturated heterocycles. The zero-order chi connectivity index (χ0) is 15.3. The number of hydrogen-bond acceptors (Lipinski definition) is 3. The lowest BCUT2D eigenvalue weighted by molar-refractivity contribution is 0.630. The number of hydrogen-bond donors (Lipinski definition) is 0. The number of fused-ring (bicyclic) bond motifs is 2. The van der Waals surface area contributed by atoms with Crippen LogP contribution in [-0.2, 0) is 0 Å². The van der Waals surface area contributed by atoms with Crippen molar-refractivity contribution in [1.82, 2.24) is 19.6 Å². The van der Waals surface area contributed by atoms with Crippen molar-refractivity contribution in [2.24, 2.45) is 0 Å². The maximum absolute atomic E-state index is 14.6. The molecule has 3 aromatic heterocycles. The van der Waals surface area contributed by atoms with Crippen LogP contribution in [0.3, 0.4) is 0 Å². The van der Waals surface area contributed by atoms with Crippen LogP contribution in [0.2, 0.25) is 0 Å². The average molecular weight is 292 g/mol. The molecule has 0 aliphatic carbocycles. The Bertz CT molecular complexity index is 1020. The molecule has 4 rings (SSSR count). The van der Waals surface area contributed by atoms with Crippen LogP contribution in [0.1, 0.15) is 11.1 Å². The minimum absolute atomic E-state index is 0.243. The summed E-state index contributed by atoms with van der Waals surface area (Å²) in [5, 5.41) is 4.84. The number of pyridine rings is 1. The normalized spacial score (nSPS) is 11.4. The number of benzene rings is 1. The molecule has 3 heterocycles. The Morgan fingerprint density at radius 3 is 2.73 bits per heavy atom. The first-order chi connectivity index (χ1) is 10.6. The van der Waals surface area contributed by atoms with E-state index in [9.17, 15) is 4.39 Å². The van der Waals surface area contributed by atoms with Crippen LogP contribution >= 0.6 is 0 Å². The zero-order valence-electron chi connectivity index (χ0n) is 12.2. The summed E-state index contributed by atoms with van der Waals surface area (Å²) in [6.45, 7) is 3.71. The van der Waals surface area contributed by atoms with Crippen LogP contribution in [0, 0.1) is 19.7 Å². The predicted molar refractivity (Wildman–Crippen MR) is 83.2 cm³/mol. The summed E-state index contributed by atoms with van der Waals surface area (Å²) in [7, 11) is 0. The monoisotopic (exact) mass is 292 g/mol. The van der Waals surface area contributed by atoms with Crippen molar-refractivity contribution < 1.29 is 4.39 Å². The first-order valence-corrected chi connectivity index (χ1v) is 6.99. The maximum Gasteiger partial charge on any atom is 0.162 e. The van der Waals surface area contributed by atoms with Crippen molar-refractivity contribution in [3.8, 4) is 11.1 Å². The van der Waals surface area contributed by atoms with Crippen molar-refractivity contribution in [1.29, 1.82) is 0 Å². The molecule has 0 spiro atoms. The highest BCUT2D eigenvalue weighted by Crippen LogP contribution is 2.32. The van der Waals surface area contributed by atoms with Crippen LogP contribution in [0.25, 0.3) is 27.7 Å². The predicted octanol–water partition coefficient (Wildman–Crippen LogP) is 3.70. The molecule has 0 fully saturated rings. The molecular weight excluding hydrogens is 279 g/mol. The Hall–Kier alpha value is -2.82. The van der Waals surface area contributed by atoms with Gasteiger partial charge < -0.3 is 0 Å². The SMILES string of the molecule is Cc1cnc2c(-c3ccnc4ccc(C)c(F)c34)cnn2c1. The Kier molecular flexibility index (Phi) is 2.69. The minimum Gasteiger partial charge on any atom is -0.256 e. The Balaban J connectivity index is 2.10. The summed E-state index contributed by atoms with van der Waals surface area (Å²) in [6.07, 6.45) is 7.09. The fourth-order valence-electron chi connectivity index (χ4n) is 2.69. The van der Waals surface area contributed by atoms with E-state index in [2.05, 4.69) is 15.1 Å². The van der Waals surface area contributed by atoms with E-state index in [1.807, 2.05) is 25.3 Å². The van der Waals surface area contributed by atoms with Crippen LogP contribution in [0.4, 0.5) is 4.39 Å².